The molecule has 8 nitrogen and oxygen atoms in total. The van der Waals surface area contributed by atoms with Crippen LogP contribution in [0.3, 0.4) is 0 Å². The molecule has 0 radical (unpaired) electrons. The summed E-state index contributed by atoms with van der Waals surface area (Å²) in [6.07, 6.45) is 0.750. The molecule has 1 aliphatic rings. The maximum Gasteiger partial charge on any atom is 0.260 e. The van der Waals surface area contributed by atoms with E-state index in [4.69, 9.17) is 26.4 Å². The molecule has 1 aromatic heterocycles. The third-order valence-corrected chi connectivity index (χ3v) is 5.70. The van der Waals surface area contributed by atoms with Crippen LogP contribution in [0.5, 0.6) is 23.1 Å². The largest absolute Gasteiger partial charge is 0.497 e. The van der Waals surface area contributed by atoms with E-state index in [9.17, 15) is 9.90 Å². The van der Waals surface area contributed by atoms with Gasteiger partial charge in [-0.3, -0.25) is 14.3 Å². The van der Waals surface area contributed by atoms with Crippen LogP contribution < -0.4 is 25.1 Å². The first kappa shape index (κ1) is 21.0. The van der Waals surface area contributed by atoms with Crippen molar-refractivity contribution in [2.24, 2.45) is 0 Å². The molecule has 162 valence electrons. The van der Waals surface area contributed by atoms with E-state index in [0.717, 1.165) is 17.5 Å². The van der Waals surface area contributed by atoms with Gasteiger partial charge in [-0.25, -0.2) is 0 Å². The summed E-state index contributed by atoms with van der Waals surface area (Å²) in [4.78, 5) is 15.6. The first-order chi connectivity index (χ1) is 15.0. The van der Waals surface area contributed by atoms with Crippen molar-refractivity contribution in [2.75, 3.05) is 27.9 Å². The van der Waals surface area contributed by atoms with Crippen LogP contribution in [0.4, 0.5) is 0 Å². The van der Waals surface area contributed by atoms with Gasteiger partial charge in [0.1, 0.15) is 5.75 Å². The molecule has 1 atom stereocenters. The van der Waals surface area contributed by atoms with Gasteiger partial charge in [-0.05, 0) is 54.0 Å². The number of nitrogens with one attached hydrogen (secondary N) is 2. The van der Waals surface area contributed by atoms with Gasteiger partial charge in [-0.1, -0.05) is 6.07 Å². The Balaban J connectivity index is 1.93. The normalized spacial score (nSPS) is 15.3. The Morgan fingerprint density at radius 1 is 1.10 bits per heavy atom. The number of rotatable bonds is 5. The van der Waals surface area contributed by atoms with E-state index in [1.54, 1.807) is 45.6 Å². The van der Waals surface area contributed by atoms with Crippen molar-refractivity contribution < 1.29 is 19.3 Å². The van der Waals surface area contributed by atoms with Crippen LogP contribution in [0.2, 0.25) is 0 Å². The predicted octanol–water partition coefficient (Wildman–Crippen LogP) is 2.86. The smallest absolute Gasteiger partial charge is 0.260 e. The quantitative estimate of drug-likeness (QED) is 0.524. The lowest BCUT2D eigenvalue weighted by atomic mass is 9.90. The number of aromatic nitrogens is 2. The van der Waals surface area contributed by atoms with Crippen molar-refractivity contribution in [1.82, 2.24) is 14.9 Å². The number of H-pyrrole nitrogens is 1. The zero-order valence-corrected chi connectivity index (χ0v) is 18.2. The van der Waals surface area contributed by atoms with Crippen LogP contribution in [-0.4, -0.2) is 42.5 Å². The van der Waals surface area contributed by atoms with Crippen LogP contribution >= 0.6 is 12.2 Å². The highest BCUT2D eigenvalue weighted by atomic mass is 32.1. The molecule has 0 saturated heterocycles. The van der Waals surface area contributed by atoms with E-state index in [1.807, 2.05) is 12.1 Å². The second kappa shape index (κ2) is 8.44. The summed E-state index contributed by atoms with van der Waals surface area (Å²) in [5.41, 5.74) is 2.13. The molecule has 2 heterocycles. The lowest BCUT2D eigenvalue weighted by molar-refractivity contribution is 0.352. The van der Waals surface area contributed by atoms with Gasteiger partial charge in [-0.2, -0.15) is 0 Å². The number of fused-ring (bicyclic) bond motifs is 1. The average Bonchev–Trinajstić information content (AvgIpc) is 2.78. The number of nitrogens with zero attached hydrogens (tertiary/aromatic N) is 1. The lowest BCUT2D eigenvalue weighted by Crippen LogP contribution is -2.35. The molecule has 0 unspecified atom stereocenters. The van der Waals surface area contributed by atoms with Gasteiger partial charge in [-0.15, -0.1) is 0 Å². The Kier molecular flexibility index (Phi) is 5.71. The SMILES string of the molecule is COc1cccc(-n2c(O)c([C@@H]3NCCc4cc(OC)c(OC)cc43)c(=O)[nH]c2=S)c1. The first-order valence-electron chi connectivity index (χ1n) is 9.69. The zero-order valence-electron chi connectivity index (χ0n) is 17.4. The van der Waals surface area contributed by atoms with Crippen LogP contribution in [0.25, 0.3) is 5.69 Å². The number of hydrogen-bond acceptors (Lipinski definition) is 7. The fourth-order valence-electron chi connectivity index (χ4n) is 3.93. The third-order valence-electron chi connectivity index (χ3n) is 5.42. The molecule has 3 aromatic rings. The molecule has 31 heavy (non-hydrogen) atoms. The number of aromatic amines is 1. The van der Waals surface area contributed by atoms with Crippen molar-refractivity contribution in [1.29, 1.82) is 0 Å². The number of aromatic hydroxyl groups is 1. The van der Waals surface area contributed by atoms with Crippen molar-refractivity contribution >= 4 is 12.2 Å². The summed E-state index contributed by atoms with van der Waals surface area (Å²) in [5, 5.41) is 14.5. The van der Waals surface area contributed by atoms with Gasteiger partial charge in [0.05, 0.1) is 38.6 Å². The molecular formula is C22H23N3O5S. The van der Waals surface area contributed by atoms with Gasteiger partial charge < -0.3 is 24.6 Å². The van der Waals surface area contributed by atoms with Crippen LogP contribution in [0, 0.1) is 4.77 Å². The third kappa shape index (κ3) is 3.66. The van der Waals surface area contributed by atoms with Gasteiger partial charge in [0, 0.05) is 12.6 Å². The molecule has 0 aliphatic carbocycles. The molecular weight excluding hydrogens is 418 g/mol. The predicted molar refractivity (Wildman–Crippen MR) is 119 cm³/mol. The number of methoxy groups -OCH3 is 3. The maximum absolute atomic E-state index is 12.9. The maximum atomic E-state index is 12.9. The van der Waals surface area contributed by atoms with Gasteiger partial charge in [0.2, 0.25) is 5.88 Å². The van der Waals surface area contributed by atoms with Crippen LogP contribution in [-0.2, 0) is 6.42 Å². The van der Waals surface area contributed by atoms with E-state index >= 15 is 0 Å². The number of benzene rings is 2. The highest BCUT2D eigenvalue weighted by Gasteiger charge is 2.30. The summed E-state index contributed by atoms with van der Waals surface area (Å²) in [6.45, 7) is 0.626. The minimum atomic E-state index is -0.556. The topological polar surface area (TPSA) is 97.7 Å². The van der Waals surface area contributed by atoms with Crippen molar-refractivity contribution in [3.63, 3.8) is 0 Å². The molecule has 0 bridgehead atoms. The van der Waals surface area contributed by atoms with Crippen molar-refractivity contribution in [3.8, 4) is 28.8 Å². The standard InChI is InChI=1S/C22H23N3O5S/c1-28-14-6-4-5-13(10-14)25-21(27)18(20(26)24-22(25)31)19-15-11-17(30-3)16(29-2)9-12(15)7-8-23-19/h4-6,9-11,19,23,27H,7-8H2,1-3H3,(H,24,26,31)/t19-/m1/s1. The average molecular weight is 442 g/mol. The van der Waals surface area contributed by atoms with E-state index in [2.05, 4.69) is 10.3 Å². The van der Waals surface area contributed by atoms with Gasteiger partial charge in [0.25, 0.3) is 5.56 Å². The van der Waals surface area contributed by atoms with Crippen molar-refractivity contribution in [3.05, 3.63) is 68.2 Å². The molecule has 0 spiro atoms. The summed E-state index contributed by atoms with van der Waals surface area (Å²) in [5.74, 6) is 1.53. The molecule has 9 heteroatoms. The van der Waals surface area contributed by atoms with Crippen molar-refractivity contribution in [2.45, 2.75) is 12.5 Å². The fourth-order valence-corrected chi connectivity index (χ4v) is 4.21. The Morgan fingerprint density at radius 3 is 2.55 bits per heavy atom. The first-order valence-corrected chi connectivity index (χ1v) is 10.1. The molecule has 4 rings (SSSR count). The van der Waals surface area contributed by atoms with Crippen LogP contribution in [0.1, 0.15) is 22.7 Å². The minimum Gasteiger partial charge on any atom is -0.497 e. The van der Waals surface area contributed by atoms with E-state index in [-0.39, 0.29) is 16.2 Å². The summed E-state index contributed by atoms with van der Waals surface area (Å²) in [6, 6.07) is 10.3. The Labute approximate surface area is 184 Å². The second-order valence-electron chi connectivity index (χ2n) is 7.08. The van der Waals surface area contributed by atoms with E-state index in [1.165, 1.54) is 4.57 Å². The zero-order chi connectivity index (χ0) is 22.1. The molecule has 0 fully saturated rings. The Morgan fingerprint density at radius 2 is 1.84 bits per heavy atom. The second-order valence-corrected chi connectivity index (χ2v) is 7.46. The molecule has 3 N–H and O–H groups in total. The Bertz CT molecular complexity index is 1250. The molecule has 1 aliphatic heterocycles. The van der Waals surface area contributed by atoms with E-state index in [0.29, 0.717) is 29.5 Å². The van der Waals surface area contributed by atoms with E-state index < -0.39 is 11.6 Å². The summed E-state index contributed by atoms with van der Waals surface area (Å²) < 4.78 is 17.6. The number of hydrogen-bond donors (Lipinski definition) is 3. The summed E-state index contributed by atoms with van der Waals surface area (Å²) in [7, 11) is 4.70. The molecule has 0 saturated carbocycles. The van der Waals surface area contributed by atoms with Crippen LogP contribution in [0.15, 0.2) is 41.2 Å². The van der Waals surface area contributed by atoms with Gasteiger partial charge >= 0.3 is 0 Å². The summed E-state index contributed by atoms with van der Waals surface area (Å²) >= 11 is 5.35. The minimum absolute atomic E-state index is 0.0860. The van der Waals surface area contributed by atoms with Gasteiger partial charge in [0.15, 0.2) is 16.3 Å². The molecule has 2 aromatic carbocycles. The highest BCUT2D eigenvalue weighted by Crippen LogP contribution is 2.38. The monoisotopic (exact) mass is 441 g/mol. The highest BCUT2D eigenvalue weighted by molar-refractivity contribution is 7.71. The lowest BCUT2D eigenvalue weighted by Gasteiger charge is -2.29. The number of ether oxygens (including phenoxy) is 3. The molecule has 0 amide bonds. The fraction of sp³-hybridized carbons (Fsp3) is 0.273. The Hall–Kier alpha value is -3.30.